The van der Waals surface area contributed by atoms with Crippen molar-refractivity contribution < 1.29 is 13.9 Å². The quantitative estimate of drug-likeness (QED) is 0.900. The summed E-state index contributed by atoms with van der Waals surface area (Å²) in [7, 11) is 0. The fourth-order valence-corrected chi connectivity index (χ4v) is 2.98. The molecule has 1 aliphatic rings. The van der Waals surface area contributed by atoms with Gasteiger partial charge in [0.05, 0.1) is 0 Å². The minimum absolute atomic E-state index is 0.225. The van der Waals surface area contributed by atoms with Gasteiger partial charge in [-0.05, 0) is 36.1 Å². The van der Waals surface area contributed by atoms with E-state index in [-0.39, 0.29) is 18.0 Å². The molecule has 1 N–H and O–H groups in total. The van der Waals surface area contributed by atoms with Crippen molar-refractivity contribution in [3.8, 4) is 0 Å². The van der Waals surface area contributed by atoms with Crippen molar-refractivity contribution in [2.75, 3.05) is 13.1 Å². The van der Waals surface area contributed by atoms with Gasteiger partial charge in [0.1, 0.15) is 12.4 Å². The smallest absolute Gasteiger partial charge is 0.410 e. The molecule has 1 amide bonds. The van der Waals surface area contributed by atoms with Crippen LogP contribution in [0.15, 0.2) is 54.6 Å². The topological polar surface area (TPSA) is 41.6 Å². The monoisotopic (exact) mass is 342 g/mol. The van der Waals surface area contributed by atoms with Crippen LogP contribution >= 0.6 is 0 Å². The molecule has 132 valence electrons. The number of carbonyl (C=O) groups excluding carboxylic acids is 1. The maximum atomic E-state index is 12.9. The number of nitrogens with zero attached hydrogens (tertiary/aromatic N) is 1. The first kappa shape index (κ1) is 17.4. The van der Waals surface area contributed by atoms with E-state index in [2.05, 4.69) is 5.32 Å². The Bertz CT molecular complexity index is 676. The van der Waals surface area contributed by atoms with Crippen molar-refractivity contribution in [3.63, 3.8) is 0 Å². The van der Waals surface area contributed by atoms with E-state index in [1.54, 1.807) is 17.0 Å². The molecule has 1 saturated heterocycles. The highest BCUT2D eigenvalue weighted by Gasteiger charge is 2.24. The number of piperidine rings is 1. The lowest BCUT2D eigenvalue weighted by Crippen LogP contribution is -2.47. The summed E-state index contributed by atoms with van der Waals surface area (Å²) in [6.45, 7) is 2.32. The number of hydrogen-bond acceptors (Lipinski definition) is 3. The zero-order valence-electron chi connectivity index (χ0n) is 14.2. The number of rotatable bonds is 5. The highest BCUT2D eigenvalue weighted by molar-refractivity contribution is 5.67. The Labute approximate surface area is 147 Å². The van der Waals surface area contributed by atoms with E-state index in [4.69, 9.17) is 4.74 Å². The van der Waals surface area contributed by atoms with Gasteiger partial charge in [0.2, 0.25) is 0 Å². The summed E-state index contributed by atoms with van der Waals surface area (Å²) < 4.78 is 18.3. The van der Waals surface area contributed by atoms with Crippen molar-refractivity contribution in [2.24, 2.45) is 0 Å². The summed E-state index contributed by atoms with van der Waals surface area (Å²) >= 11 is 0. The molecule has 0 aromatic heterocycles. The lowest BCUT2D eigenvalue weighted by molar-refractivity contribution is 0.0832. The lowest BCUT2D eigenvalue weighted by Gasteiger charge is -2.32. The summed E-state index contributed by atoms with van der Waals surface area (Å²) in [5.74, 6) is -0.228. The number of amides is 1. The number of hydrogen-bond donors (Lipinski definition) is 1. The molecule has 1 fully saturated rings. The van der Waals surface area contributed by atoms with E-state index >= 15 is 0 Å². The number of nitrogens with one attached hydrogen (secondary N) is 1. The molecule has 3 rings (SSSR count). The summed E-state index contributed by atoms with van der Waals surface area (Å²) in [5, 5.41) is 3.44. The van der Waals surface area contributed by atoms with Gasteiger partial charge in [0, 0.05) is 25.7 Å². The van der Waals surface area contributed by atoms with Crippen LogP contribution in [-0.2, 0) is 17.9 Å². The van der Waals surface area contributed by atoms with Crippen LogP contribution in [0.2, 0.25) is 0 Å². The molecule has 0 saturated carbocycles. The molecule has 2 aromatic carbocycles. The minimum Gasteiger partial charge on any atom is -0.445 e. The molecule has 1 heterocycles. The second kappa shape index (κ2) is 8.62. The maximum Gasteiger partial charge on any atom is 0.410 e. The standard InChI is InChI=1S/C20H23FN2O2/c21-18-10-8-16(9-11-18)13-22-19-7-4-12-23(14-19)20(24)25-15-17-5-2-1-3-6-17/h1-3,5-6,8-11,19,22H,4,7,12-15H2/t19-/m1/s1. The summed E-state index contributed by atoms with van der Waals surface area (Å²) in [4.78, 5) is 14.0. The Morgan fingerprint density at radius 2 is 1.88 bits per heavy atom. The average molecular weight is 342 g/mol. The Kier molecular flexibility index (Phi) is 6.01. The van der Waals surface area contributed by atoms with E-state index in [1.807, 2.05) is 30.3 Å². The molecule has 0 radical (unpaired) electrons. The highest BCUT2D eigenvalue weighted by Crippen LogP contribution is 2.13. The van der Waals surface area contributed by atoms with Gasteiger partial charge < -0.3 is 15.0 Å². The number of benzene rings is 2. The van der Waals surface area contributed by atoms with Crippen LogP contribution in [-0.4, -0.2) is 30.1 Å². The van der Waals surface area contributed by atoms with Gasteiger partial charge in [-0.15, -0.1) is 0 Å². The van der Waals surface area contributed by atoms with Crippen molar-refractivity contribution in [1.82, 2.24) is 10.2 Å². The van der Waals surface area contributed by atoms with Gasteiger partial charge in [-0.25, -0.2) is 9.18 Å². The first-order valence-electron chi connectivity index (χ1n) is 8.64. The van der Waals surface area contributed by atoms with Crippen LogP contribution in [0.3, 0.4) is 0 Å². The largest absolute Gasteiger partial charge is 0.445 e. The third kappa shape index (κ3) is 5.29. The number of ether oxygens (including phenoxy) is 1. The second-order valence-electron chi connectivity index (χ2n) is 6.33. The van der Waals surface area contributed by atoms with Crippen molar-refractivity contribution in [1.29, 1.82) is 0 Å². The van der Waals surface area contributed by atoms with E-state index in [0.29, 0.717) is 19.7 Å². The van der Waals surface area contributed by atoms with Crippen molar-refractivity contribution >= 4 is 6.09 Å². The first-order valence-corrected chi connectivity index (χ1v) is 8.64. The minimum atomic E-state index is -0.267. The van der Waals surface area contributed by atoms with Crippen LogP contribution in [0.5, 0.6) is 0 Å². The molecular formula is C20H23FN2O2. The molecule has 1 atom stereocenters. The van der Waals surface area contributed by atoms with E-state index in [0.717, 1.165) is 30.5 Å². The molecular weight excluding hydrogens is 319 g/mol. The highest BCUT2D eigenvalue weighted by atomic mass is 19.1. The van der Waals surface area contributed by atoms with Crippen LogP contribution < -0.4 is 5.32 Å². The van der Waals surface area contributed by atoms with Gasteiger partial charge in [-0.1, -0.05) is 42.5 Å². The molecule has 5 heteroatoms. The first-order chi connectivity index (χ1) is 12.2. The molecule has 2 aromatic rings. The molecule has 25 heavy (non-hydrogen) atoms. The van der Waals surface area contributed by atoms with Crippen LogP contribution in [0.25, 0.3) is 0 Å². The lowest BCUT2D eigenvalue weighted by atomic mass is 10.1. The van der Waals surface area contributed by atoms with Gasteiger partial charge in [-0.2, -0.15) is 0 Å². The predicted octanol–water partition coefficient (Wildman–Crippen LogP) is 3.72. The third-order valence-electron chi connectivity index (χ3n) is 4.39. The van der Waals surface area contributed by atoms with Crippen LogP contribution in [0.1, 0.15) is 24.0 Å². The number of halogens is 1. The molecule has 0 spiro atoms. The molecule has 0 bridgehead atoms. The molecule has 4 nitrogen and oxygen atoms in total. The summed E-state index contributed by atoms with van der Waals surface area (Å²) in [5.41, 5.74) is 2.02. The number of carbonyl (C=O) groups is 1. The summed E-state index contributed by atoms with van der Waals surface area (Å²) in [6.07, 6.45) is 1.70. The van der Waals surface area contributed by atoms with E-state index in [1.165, 1.54) is 12.1 Å². The van der Waals surface area contributed by atoms with E-state index in [9.17, 15) is 9.18 Å². The number of likely N-dealkylation sites (tertiary alicyclic amines) is 1. The maximum absolute atomic E-state index is 12.9. The van der Waals surface area contributed by atoms with E-state index < -0.39 is 0 Å². The van der Waals surface area contributed by atoms with Crippen molar-refractivity contribution in [3.05, 3.63) is 71.5 Å². The van der Waals surface area contributed by atoms with Gasteiger partial charge in [0.25, 0.3) is 0 Å². The average Bonchev–Trinajstić information content (AvgIpc) is 2.67. The Balaban J connectivity index is 1.45. The zero-order chi connectivity index (χ0) is 17.5. The fraction of sp³-hybridized carbons (Fsp3) is 0.350. The Hall–Kier alpha value is -2.40. The molecule has 0 aliphatic carbocycles. The summed E-state index contributed by atoms with van der Waals surface area (Å²) in [6, 6.07) is 16.4. The molecule has 0 unspecified atom stereocenters. The van der Waals surface area contributed by atoms with Crippen molar-refractivity contribution in [2.45, 2.75) is 32.0 Å². The van der Waals surface area contributed by atoms with Gasteiger partial charge in [0.15, 0.2) is 0 Å². The normalized spacial score (nSPS) is 17.3. The van der Waals surface area contributed by atoms with Gasteiger partial charge in [-0.3, -0.25) is 0 Å². The zero-order valence-corrected chi connectivity index (χ0v) is 14.2. The van der Waals surface area contributed by atoms with Gasteiger partial charge >= 0.3 is 6.09 Å². The third-order valence-corrected chi connectivity index (χ3v) is 4.39. The Morgan fingerprint density at radius 1 is 1.12 bits per heavy atom. The Morgan fingerprint density at radius 3 is 2.64 bits per heavy atom. The second-order valence-corrected chi connectivity index (χ2v) is 6.33. The van der Waals surface area contributed by atoms with Crippen LogP contribution in [0, 0.1) is 5.82 Å². The fourth-order valence-electron chi connectivity index (χ4n) is 2.98. The molecule has 1 aliphatic heterocycles. The van der Waals surface area contributed by atoms with Crippen LogP contribution in [0.4, 0.5) is 9.18 Å². The SMILES string of the molecule is O=C(OCc1ccccc1)N1CCC[C@@H](NCc2ccc(F)cc2)C1. The predicted molar refractivity (Wildman–Crippen MR) is 94.5 cm³/mol.